The van der Waals surface area contributed by atoms with E-state index in [2.05, 4.69) is 19.7 Å². The molecule has 1 aliphatic rings. The molecule has 0 amide bonds. The number of hydrogen-bond donors (Lipinski definition) is 0. The lowest BCUT2D eigenvalue weighted by molar-refractivity contribution is 0.610. The molecule has 3 rings (SSSR count). The van der Waals surface area contributed by atoms with Crippen LogP contribution >= 0.6 is 0 Å². The highest BCUT2D eigenvalue weighted by Crippen LogP contribution is 2.20. The normalized spacial score (nSPS) is 14.9. The molecular formula is C12H17N5. The molecule has 0 aliphatic heterocycles. The highest BCUT2D eigenvalue weighted by atomic mass is 15.3. The standard InChI is InChI=1S/C12H17N5/c1-9-14-15-12(16(9)2)7-17-8-13-10-5-3-4-6-11(10)17/h8H,3-7H2,1-2H3. The van der Waals surface area contributed by atoms with Gasteiger partial charge in [-0.15, -0.1) is 10.2 Å². The zero-order valence-electron chi connectivity index (χ0n) is 10.3. The summed E-state index contributed by atoms with van der Waals surface area (Å²) >= 11 is 0. The molecule has 17 heavy (non-hydrogen) atoms. The van der Waals surface area contributed by atoms with E-state index >= 15 is 0 Å². The van der Waals surface area contributed by atoms with Gasteiger partial charge >= 0.3 is 0 Å². The van der Waals surface area contributed by atoms with Crippen molar-refractivity contribution < 1.29 is 0 Å². The lowest BCUT2D eigenvalue weighted by atomic mass is 10.0. The van der Waals surface area contributed by atoms with Crippen LogP contribution in [0.15, 0.2) is 6.33 Å². The molecule has 5 heteroatoms. The van der Waals surface area contributed by atoms with Crippen LogP contribution < -0.4 is 0 Å². The minimum atomic E-state index is 0.777. The predicted molar refractivity (Wildman–Crippen MR) is 63.7 cm³/mol. The Morgan fingerprint density at radius 3 is 2.82 bits per heavy atom. The highest BCUT2D eigenvalue weighted by Gasteiger charge is 2.16. The summed E-state index contributed by atoms with van der Waals surface area (Å²) in [4.78, 5) is 4.49. The molecule has 0 saturated heterocycles. The van der Waals surface area contributed by atoms with Crippen molar-refractivity contribution >= 4 is 0 Å². The Bertz CT molecular complexity index is 537. The van der Waals surface area contributed by atoms with Crippen molar-refractivity contribution in [2.75, 3.05) is 0 Å². The van der Waals surface area contributed by atoms with Crippen molar-refractivity contribution in [3.8, 4) is 0 Å². The van der Waals surface area contributed by atoms with Crippen LogP contribution in [-0.2, 0) is 26.4 Å². The molecule has 0 radical (unpaired) electrons. The van der Waals surface area contributed by atoms with Gasteiger partial charge < -0.3 is 9.13 Å². The monoisotopic (exact) mass is 231 g/mol. The van der Waals surface area contributed by atoms with Gasteiger partial charge in [-0.1, -0.05) is 0 Å². The van der Waals surface area contributed by atoms with E-state index in [-0.39, 0.29) is 0 Å². The summed E-state index contributed by atoms with van der Waals surface area (Å²) in [5.41, 5.74) is 2.66. The average Bonchev–Trinajstić information content (AvgIpc) is 2.89. The quantitative estimate of drug-likeness (QED) is 0.781. The van der Waals surface area contributed by atoms with E-state index in [0.717, 1.165) is 31.0 Å². The Kier molecular flexibility index (Phi) is 2.46. The summed E-state index contributed by atoms with van der Waals surface area (Å²) in [6, 6.07) is 0. The van der Waals surface area contributed by atoms with Crippen molar-refractivity contribution in [2.24, 2.45) is 7.05 Å². The first-order valence-electron chi connectivity index (χ1n) is 6.13. The van der Waals surface area contributed by atoms with Gasteiger partial charge in [0.05, 0.1) is 18.6 Å². The molecule has 2 aromatic heterocycles. The summed E-state index contributed by atoms with van der Waals surface area (Å²) in [6.45, 7) is 2.75. The zero-order valence-corrected chi connectivity index (χ0v) is 10.3. The highest BCUT2D eigenvalue weighted by molar-refractivity contribution is 5.17. The zero-order chi connectivity index (χ0) is 11.8. The van der Waals surface area contributed by atoms with Gasteiger partial charge in [-0.3, -0.25) is 0 Å². The number of rotatable bonds is 2. The third kappa shape index (κ3) is 1.75. The number of nitrogens with zero attached hydrogens (tertiary/aromatic N) is 5. The number of aromatic nitrogens is 5. The fourth-order valence-corrected chi connectivity index (χ4v) is 2.41. The second kappa shape index (κ2) is 3.98. The first kappa shape index (κ1) is 10.5. The van der Waals surface area contributed by atoms with E-state index in [4.69, 9.17) is 0 Å². The van der Waals surface area contributed by atoms with Crippen LogP contribution in [0, 0.1) is 6.92 Å². The molecule has 2 heterocycles. The first-order valence-corrected chi connectivity index (χ1v) is 6.13. The Morgan fingerprint density at radius 1 is 1.24 bits per heavy atom. The molecule has 1 aliphatic carbocycles. The van der Waals surface area contributed by atoms with Crippen molar-refractivity contribution in [3.63, 3.8) is 0 Å². The second-order valence-corrected chi connectivity index (χ2v) is 4.70. The molecule has 0 fully saturated rings. The maximum atomic E-state index is 4.49. The van der Waals surface area contributed by atoms with Crippen molar-refractivity contribution in [2.45, 2.75) is 39.2 Å². The van der Waals surface area contributed by atoms with Crippen molar-refractivity contribution in [1.29, 1.82) is 0 Å². The maximum absolute atomic E-state index is 4.49. The Balaban J connectivity index is 1.90. The third-order valence-electron chi connectivity index (χ3n) is 3.60. The van der Waals surface area contributed by atoms with Gasteiger partial charge in [0, 0.05) is 12.7 Å². The molecule has 0 saturated carbocycles. The Morgan fingerprint density at radius 2 is 2.06 bits per heavy atom. The summed E-state index contributed by atoms with van der Waals surface area (Å²) in [7, 11) is 2.01. The molecule has 0 unspecified atom stereocenters. The Labute approximate surface area is 101 Å². The fourth-order valence-electron chi connectivity index (χ4n) is 2.41. The average molecular weight is 231 g/mol. The van der Waals surface area contributed by atoms with Crippen LogP contribution in [-0.4, -0.2) is 24.3 Å². The van der Waals surface area contributed by atoms with Crippen molar-refractivity contribution in [3.05, 3.63) is 29.4 Å². The van der Waals surface area contributed by atoms with E-state index in [0.29, 0.717) is 0 Å². The minimum Gasteiger partial charge on any atom is -0.327 e. The topological polar surface area (TPSA) is 48.5 Å². The van der Waals surface area contributed by atoms with Crippen LogP contribution in [0.4, 0.5) is 0 Å². The molecule has 0 spiro atoms. The van der Waals surface area contributed by atoms with E-state index < -0.39 is 0 Å². The summed E-state index contributed by atoms with van der Waals surface area (Å²) in [6.07, 6.45) is 6.76. The molecule has 0 aromatic carbocycles. The molecule has 2 aromatic rings. The minimum absolute atomic E-state index is 0.777. The number of aryl methyl sites for hydroxylation is 2. The lowest BCUT2D eigenvalue weighted by Crippen LogP contribution is -2.11. The van der Waals surface area contributed by atoms with Gasteiger partial charge in [-0.25, -0.2) is 4.98 Å². The van der Waals surface area contributed by atoms with Gasteiger partial charge in [0.25, 0.3) is 0 Å². The van der Waals surface area contributed by atoms with Crippen LogP contribution in [0.2, 0.25) is 0 Å². The fraction of sp³-hybridized carbons (Fsp3) is 0.583. The summed E-state index contributed by atoms with van der Waals surface area (Å²) < 4.78 is 4.26. The van der Waals surface area contributed by atoms with Gasteiger partial charge in [0.1, 0.15) is 5.82 Å². The summed E-state index contributed by atoms with van der Waals surface area (Å²) in [5, 5.41) is 8.29. The van der Waals surface area contributed by atoms with E-state index in [1.165, 1.54) is 24.2 Å². The first-order chi connectivity index (χ1) is 8.25. The molecule has 0 bridgehead atoms. The third-order valence-corrected chi connectivity index (χ3v) is 3.60. The van der Waals surface area contributed by atoms with Gasteiger partial charge in [-0.05, 0) is 32.6 Å². The van der Waals surface area contributed by atoms with Gasteiger partial charge in [-0.2, -0.15) is 0 Å². The number of fused-ring (bicyclic) bond motifs is 1. The van der Waals surface area contributed by atoms with Crippen LogP contribution in [0.5, 0.6) is 0 Å². The van der Waals surface area contributed by atoms with Crippen molar-refractivity contribution in [1.82, 2.24) is 24.3 Å². The van der Waals surface area contributed by atoms with Gasteiger partial charge in [0.15, 0.2) is 5.82 Å². The largest absolute Gasteiger partial charge is 0.327 e. The SMILES string of the molecule is Cc1nnc(Cn2cnc3c2CCCC3)n1C. The van der Waals surface area contributed by atoms with Crippen LogP contribution in [0.3, 0.4) is 0 Å². The molecule has 0 atom stereocenters. The van der Waals surface area contributed by atoms with Crippen LogP contribution in [0.1, 0.15) is 35.9 Å². The van der Waals surface area contributed by atoms with Gasteiger partial charge in [0.2, 0.25) is 0 Å². The van der Waals surface area contributed by atoms with E-state index in [1.807, 2.05) is 24.9 Å². The predicted octanol–water partition coefficient (Wildman–Crippen LogP) is 1.25. The molecule has 0 N–H and O–H groups in total. The lowest BCUT2D eigenvalue weighted by Gasteiger charge is -2.13. The summed E-state index contributed by atoms with van der Waals surface area (Å²) in [5.74, 6) is 1.95. The van der Waals surface area contributed by atoms with E-state index in [9.17, 15) is 0 Å². The van der Waals surface area contributed by atoms with E-state index in [1.54, 1.807) is 0 Å². The maximum Gasteiger partial charge on any atom is 0.152 e. The van der Waals surface area contributed by atoms with Crippen LogP contribution in [0.25, 0.3) is 0 Å². The smallest absolute Gasteiger partial charge is 0.152 e. The number of imidazole rings is 1. The molecule has 5 nitrogen and oxygen atoms in total. The number of hydrogen-bond acceptors (Lipinski definition) is 3. The molecular weight excluding hydrogens is 214 g/mol. The Hall–Kier alpha value is -1.65. The molecule has 90 valence electrons. The second-order valence-electron chi connectivity index (χ2n) is 4.70.